The number of rotatable bonds is 9. The van der Waals surface area contributed by atoms with Crippen molar-refractivity contribution in [1.29, 1.82) is 0 Å². The molecule has 3 rings (SSSR count). The van der Waals surface area contributed by atoms with E-state index >= 15 is 0 Å². The summed E-state index contributed by atoms with van der Waals surface area (Å²) in [6.07, 6.45) is 0. The summed E-state index contributed by atoms with van der Waals surface area (Å²) >= 11 is 11.7. The Morgan fingerprint density at radius 3 is 2.37 bits per heavy atom. The molecule has 0 radical (unpaired) electrons. The van der Waals surface area contributed by atoms with Gasteiger partial charge in [0.15, 0.2) is 0 Å². The van der Waals surface area contributed by atoms with Gasteiger partial charge in [0.1, 0.15) is 5.69 Å². The third-order valence-corrected chi connectivity index (χ3v) is 4.92. The zero-order valence-corrected chi connectivity index (χ0v) is 18.1. The molecule has 0 aliphatic carbocycles. The second-order valence-electron chi connectivity index (χ2n) is 6.57. The quantitative estimate of drug-likeness (QED) is 0.362. The Morgan fingerprint density at radius 1 is 1.03 bits per heavy atom. The number of ether oxygens (including phenoxy) is 1. The normalized spacial score (nSPS) is 10.8. The van der Waals surface area contributed by atoms with E-state index in [2.05, 4.69) is 15.2 Å². The number of aromatic nitrogens is 1. The molecule has 1 aromatic heterocycles. The summed E-state index contributed by atoms with van der Waals surface area (Å²) in [6, 6.07) is 14.4. The molecule has 0 aliphatic rings. The fourth-order valence-corrected chi connectivity index (χ4v) is 3.54. The second-order valence-corrected chi connectivity index (χ2v) is 7.33. The van der Waals surface area contributed by atoms with Crippen LogP contribution in [-0.4, -0.2) is 48.3 Å². The highest BCUT2D eigenvalue weighted by atomic mass is 35.5. The topological polar surface area (TPSA) is 74.4 Å². The maximum absolute atomic E-state index is 12.6. The summed E-state index contributed by atoms with van der Waals surface area (Å²) in [5, 5.41) is 3.70. The Balaban J connectivity index is 1.72. The number of nitrogens with one attached hydrogen (secondary N) is 2. The van der Waals surface area contributed by atoms with Crippen LogP contribution >= 0.6 is 23.2 Å². The van der Waals surface area contributed by atoms with Crippen LogP contribution in [0.25, 0.3) is 10.9 Å². The first-order valence-electron chi connectivity index (χ1n) is 9.64. The van der Waals surface area contributed by atoms with Crippen molar-refractivity contribution in [2.45, 2.75) is 6.92 Å². The SMILES string of the molecule is CCOC(=O)c1cc2cc(NC(=O)c3ccc(N(CCCl)CCCl)cc3)ccc2[nH]1. The Labute approximate surface area is 185 Å². The van der Waals surface area contributed by atoms with Gasteiger partial charge < -0.3 is 19.9 Å². The van der Waals surface area contributed by atoms with E-state index in [9.17, 15) is 9.59 Å². The highest BCUT2D eigenvalue weighted by Crippen LogP contribution is 2.22. The maximum atomic E-state index is 12.6. The molecular formula is C22H23Cl2N3O3. The van der Waals surface area contributed by atoms with Gasteiger partial charge in [0, 0.05) is 52.7 Å². The molecule has 0 atom stereocenters. The molecule has 1 heterocycles. The third-order valence-electron chi connectivity index (χ3n) is 4.58. The number of fused-ring (bicyclic) bond motifs is 1. The molecule has 0 saturated carbocycles. The lowest BCUT2D eigenvalue weighted by molar-refractivity contribution is 0.0520. The van der Waals surface area contributed by atoms with E-state index in [-0.39, 0.29) is 5.91 Å². The van der Waals surface area contributed by atoms with Crippen LogP contribution in [0.2, 0.25) is 0 Å². The van der Waals surface area contributed by atoms with Crippen molar-refractivity contribution in [3.63, 3.8) is 0 Å². The van der Waals surface area contributed by atoms with Gasteiger partial charge in [0.2, 0.25) is 0 Å². The van der Waals surface area contributed by atoms with Gasteiger partial charge in [-0.3, -0.25) is 4.79 Å². The van der Waals surface area contributed by atoms with Gasteiger partial charge >= 0.3 is 5.97 Å². The first-order valence-corrected chi connectivity index (χ1v) is 10.7. The zero-order chi connectivity index (χ0) is 21.5. The summed E-state index contributed by atoms with van der Waals surface area (Å²) in [6.45, 7) is 3.44. The van der Waals surface area contributed by atoms with Crippen LogP contribution in [-0.2, 0) is 4.74 Å². The first-order chi connectivity index (χ1) is 14.5. The van der Waals surface area contributed by atoms with Gasteiger partial charge in [-0.05, 0) is 55.5 Å². The number of H-pyrrole nitrogens is 1. The standard InChI is InChI=1S/C22H23Cl2N3O3/c1-2-30-22(29)20-14-16-13-17(5-8-19(16)26-20)25-21(28)15-3-6-18(7-4-15)27(11-9-23)12-10-24/h3-8,13-14,26H,2,9-12H2,1H3,(H,25,28). The van der Waals surface area contributed by atoms with Gasteiger partial charge in [-0.2, -0.15) is 0 Å². The van der Waals surface area contributed by atoms with Crippen molar-refractivity contribution in [2.75, 3.05) is 41.7 Å². The van der Waals surface area contributed by atoms with Crippen molar-refractivity contribution < 1.29 is 14.3 Å². The lowest BCUT2D eigenvalue weighted by Gasteiger charge is -2.22. The fraction of sp³-hybridized carbons (Fsp3) is 0.273. The number of alkyl halides is 2. The minimum atomic E-state index is -0.406. The average Bonchev–Trinajstić information content (AvgIpc) is 3.17. The molecule has 0 aliphatic heterocycles. The summed E-state index contributed by atoms with van der Waals surface area (Å²) in [4.78, 5) is 29.6. The van der Waals surface area contributed by atoms with Gasteiger partial charge in [0.05, 0.1) is 6.61 Å². The molecule has 0 bridgehead atoms. The lowest BCUT2D eigenvalue weighted by Crippen LogP contribution is -2.27. The van der Waals surface area contributed by atoms with E-state index in [1.54, 1.807) is 31.2 Å². The van der Waals surface area contributed by atoms with Crippen molar-refractivity contribution in [3.8, 4) is 0 Å². The molecule has 1 amide bonds. The minimum absolute atomic E-state index is 0.219. The summed E-state index contributed by atoms with van der Waals surface area (Å²) in [5.41, 5.74) is 3.31. The van der Waals surface area contributed by atoms with E-state index < -0.39 is 5.97 Å². The molecule has 0 fully saturated rings. The van der Waals surface area contributed by atoms with Crippen molar-refractivity contribution in [2.24, 2.45) is 0 Å². The highest BCUT2D eigenvalue weighted by molar-refractivity contribution is 6.18. The number of halogens is 2. The number of hydrogen-bond donors (Lipinski definition) is 2. The largest absolute Gasteiger partial charge is 0.461 e. The number of benzene rings is 2. The van der Waals surface area contributed by atoms with Crippen LogP contribution in [0.5, 0.6) is 0 Å². The van der Waals surface area contributed by atoms with Gasteiger partial charge in [-0.15, -0.1) is 23.2 Å². The molecule has 0 unspecified atom stereocenters. The Kier molecular flexibility index (Phi) is 7.60. The van der Waals surface area contributed by atoms with Crippen LogP contribution in [0.4, 0.5) is 11.4 Å². The molecule has 2 N–H and O–H groups in total. The second kappa shape index (κ2) is 10.4. The molecule has 0 spiro atoms. The van der Waals surface area contributed by atoms with Crippen molar-refractivity contribution in [1.82, 2.24) is 4.98 Å². The summed E-state index contributed by atoms with van der Waals surface area (Å²) in [7, 11) is 0. The Hall–Kier alpha value is -2.70. The Morgan fingerprint density at radius 2 is 1.73 bits per heavy atom. The molecule has 6 nitrogen and oxygen atoms in total. The average molecular weight is 448 g/mol. The molecule has 2 aromatic carbocycles. The predicted molar refractivity (Wildman–Crippen MR) is 122 cm³/mol. The highest BCUT2D eigenvalue weighted by Gasteiger charge is 2.12. The summed E-state index contributed by atoms with van der Waals surface area (Å²) in [5.74, 6) is 0.372. The molecule has 30 heavy (non-hydrogen) atoms. The van der Waals surface area contributed by atoms with Gasteiger partial charge in [-0.1, -0.05) is 0 Å². The Bertz CT molecular complexity index is 1010. The monoisotopic (exact) mass is 447 g/mol. The lowest BCUT2D eigenvalue weighted by atomic mass is 10.1. The van der Waals surface area contributed by atoms with Crippen molar-refractivity contribution >= 4 is 57.4 Å². The third kappa shape index (κ3) is 5.26. The smallest absolute Gasteiger partial charge is 0.354 e. The molecule has 8 heteroatoms. The molecule has 0 saturated heterocycles. The van der Waals surface area contributed by atoms with Crippen LogP contribution in [0.3, 0.4) is 0 Å². The van der Waals surface area contributed by atoms with Crippen molar-refractivity contribution in [3.05, 3.63) is 59.8 Å². The number of nitrogens with zero attached hydrogens (tertiary/aromatic N) is 1. The van der Waals surface area contributed by atoms with Gasteiger partial charge in [-0.25, -0.2) is 4.79 Å². The zero-order valence-electron chi connectivity index (χ0n) is 16.6. The molecule has 3 aromatic rings. The van der Waals surface area contributed by atoms with E-state index in [0.29, 0.717) is 48.4 Å². The van der Waals surface area contributed by atoms with Crippen LogP contribution in [0.1, 0.15) is 27.8 Å². The van der Waals surface area contributed by atoms with E-state index in [1.807, 2.05) is 24.3 Å². The minimum Gasteiger partial charge on any atom is -0.461 e. The van der Waals surface area contributed by atoms with Gasteiger partial charge in [0.25, 0.3) is 5.91 Å². The fourth-order valence-electron chi connectivity index (χ4n) is 3.13. The first kappa shape index (κ1) is 22.0. The van der Waals surface area contributed by atoms with Crippen LogP contribution in [0, 0.1) is 0 Å². The van der Waals surface area contributed by atoms with E-state index in [0.717, 1.165) is 16.6 Å². The summed E-state index contributed by atoms with van der Waals surface area (Å²) < 4.78 is 5.01. The maximum Gasteiger partial charge on any atom is 0.354 e. The van der Waals surface area contributed by atoms with Crippen LogP contribution < -0.4 is 10.2 Å². The predicted octanol–water partition coefficient (Wildman–Crippen LogP) is 4.88. The number of carbonyl (C=O) groups excluding carboxylic acids is 2. The van der Waals surface area contributed by atoms with E-state index in [4.69, 9.17) is 27.9 Å². The van der Waals surface area contributed by atoms with E-state index in [1.165, 1.54) is 0 Å². The number of carbonyl (C=O) groups is 2. The number of hydrogen-bond acceptors (Lipinski definition) is 4. The number of anilines is 2. The number of esters is 1. The molecule has 158 valence electrons. The van der Waals surface area contributed by atoms with Crippen LogP contribution in [0.15, 0.2) is 48.5 Å². The number of aromatic amines is 1. The number of amides is 1. The molecular weight excluding hydrogens is 425 g/mol.